The summed E-state index contributed by atoms with van der Waals surface area (Å²) in [5, 5.41) is 3.28. The Morgan fingerprint density at radius 1 is 0.862 bits per heavy atom. The molecule has 3 nitrogen and oxygen atoms in total. The fourth-order valence-electron chi connectivity index (χ4n) is 2.94. The first-order chi connectivity index (χ1) is 14.3. The lowest BCUT2D eigenvalue weighted by molar-refractivity contribution is 1.17. The van der Waals surface area contributed by atoms with E-state index >= 15 is 0 Å². The van der Waals surface area contributed by atoms with Crippen LogP contribution in [-0.4, -0.2) is 9.97 Å². The van der Waals surface area contributed by atoms with Crippen LogP contribution in [0.25, 0.3) is 17.3 Å². The minimum absolute atomic E-state index is 0.618. The van der Waals surface area contributed by atoms with Crippen LogP contribution in [-0.2, 0) is 6.42 Å². The van der Waals surface area contributed by atoms with Crippen LogP contribution in [0.1, 0.15) is 58.2 Å². The molecule has 4 rings (SSSR count). The zero-order valence-corrected chi connectivity index (χ0v) is 19.0. The number of benzene rings is 2. The topological polar surface area (TPSA) is 37.8 Å². The summed E-state index contributed by atoms with van der Waals surface area (Å²) in [6.45, 7) is 14.1. The van der Waals surface area contributed by atoms with E-state index in [4.69, 9.17) is 0 Å². The van der Waals surface area contributed by atoms with Crippen molar-refractivity contribution in [1.82, 2.24) is 9.97 Å². The molecular formula is C26H35N3. The minimum Gasteiger partial charge on any atom is -0.324 e. The molecule has 1 aromatic heterocycles. The van der Waals surface area contributed by atoms with Crippen molar-refractivity contribution in [2.45, 2.75) is 54.9 Å². The molecule has 3 heteroatoms. The second kappa shape index (κ2) is 13.3. The summed E-state index contributed by atoms with van der Waals surface area (Å²) < 4.78 is 0. The fraction of sp³-hybridized carbons (Fsp3) is 0.308. The molecule has 0 atom stereocenters. The predicted octanol–water partition coefficient (Wildman–Crippen LogP) is 7.84. The highest BCUT2D eigenvalue weighted by atomic mass is 15.1. The number of hydrogen-bond acceptors (Lipinski definition) is 3. The third-order valence-corrected chi connectivity index (χ3v) is 4.02. The summed E-state index contributed by atoms with van der Waals surface area (Å²) in [6.07, 6.45) is 7.18. The van der Waals surface area contributed by atoms with Gasteiger partial charge in [-0.3, -0.25) is 0 Å². The third-order valence-electron chi connectivity index (χ3n) is 4.02. The van der Waals surface area contributed by atoms with Crippen LogP contribution in [0.3, 0.4) is 0 Å². The van der Waals surface area contributed by atoms with Gasteiger partial charge in [-0.05, 0) is 48.2 Å². The normalized spacial score (nSPS) is 10.3. The van der Waals surface area contributed by atoms with Gasteiger partial charge in [0.15, 0.2) is 0 Å². The van der Waals surface area contributed by atoms with Crippen LogP contribution in [0.2, 0.25) is 0 Å². The van der Waals surface area contributed by atoms with E-state index < -0.39 is 0 Å². The summed E-state index contributed by atoms with van der Waals surface area (Å²) in [4.78, 5) is 9.03. The van der Waals surface area contributed by atoms with Crippen LogP contribution < -0.4 is 5.32 Å². The molecule has 1 aliphatic carbocycles. The number of aryl methyl sites for hydroxylation is 1. The number of nitrogens with zero attached hydrogens (tertiary/aromatic N) is 2. The molecule has 0 aliphatic heterocycles. The molecule has 29 heavy (non-hydrogen) atoms. The maximum atomic E-state index is 4.69. The van der Waals surface area contributed by atoms with Crippen LogP contribution >= 0.6 is 0 Å². The van der Waals surface area contributed by atoms with Gasteiger partial charge in [0.25, 0.3) is 0 Å². The molecule has 1 N–H and O–H groups in total. The predicted molar refractivity (Wildman–Crippen MR) is 129 cm³/mol. The van der Waals surface area contributed by atoms with Crippen molar-refractivity contribution in [1.29, 1.82) is 0 Å². The molecule has 0 saturated carbocycles. The maximum Gasteiger partial charge on any atom is 0.227 e. The smallest absolute Gasteiger partial charge is 0.227 e. The van der Waals surface area contributed by atoms with Crippen molar-refractivity contribution >= 4 is 17.7 Å². The monoisotopic (exact) mass is 389 g/mol. The molecule has 0 fully saturated rings. The van der Waals surface area contributed by atoms with Crippen molar-refractivity contribution < 1.29 is 0 Å². The lowest BCUT2D eigenvalue weighted by Gasteiger charge is -2.10. The molecular weight excluding hydrogens is 354 g/mol. The second-order valence-corrected chi connectivity index (χ2v) is 5.74. The van der Waals surface area contributed by atoms with Crippen LogP contribution in [0, 0.1) is 6.92 Å². The van der Waals surface area contributed by atoms with Gasteiger partial charge < -0.3 is 5.32 Å². The van der Waals surface area contributed by atoms with Crippen molar-refractivity contribution in [3.63, 3.8) is 0 Å². The van der Waals surface area contributed by atoms with Gasteiger partial charge in [0.05, 0.1) is 5.69 Å². The highest BCUT2D eigenvalue weighted by molar-refractivity contribution is 5.78. The highest BCUT2D eigenvalue weighted by Crippen LogP contribution is 2.30. The zero-order valence-electron chi connectivity index (χ0n) is 19.0. The Kier molecular flexibility index (Phi) is 11.0. The average Bonchev–Trinajstić information content (AvgIpc) is 3.27. The first-order valence-corrected chi connectivity index (χ1v) is 10.8. The van der Waals surface area contributed by atoms with E-state index in [9.17, 15) is 0 Å². The van der Waals surface area contributed by atoms with Gasteiger partial charge in [-0.15, -0.1) is 0 Å². The van der Waals surface area contributed by atoms with Crippen LogP contribution in [0.15, 0.2) is 60.8 Å². The maximum absolute atomic E-state index is 4.69. The number of fused-ring (bicyclic) bond motifs is 1. The quantitative estimate of drug-likeness (QED) is 0.495. The first-order valence-electron chi connectivity index (χ1n) is 10.8. The Labute approximate surface area is 177 Å². The molecule has 3 aromatic rings. The molecule has 0 unspecified atom stereocenters. The number of nitrogens with one attached hydrogen (secondary N) is 1. The number of anilines is 2. The summed E-state index contributed by atoms with van der Waals surface area (Å²) in [6, 6.07) is 16.5. The van der Waals surface area contributed by atoms with Crippen molar-refractivity contribution in [2.24, 2.45) is 0 Å². The van der Waals surface area contributed by atoms with E-state index in [2.05, 4.69) is 64.7 Å². The van der Waals surface area contributed by atoms with Gasteiger partial charge >= 0.3 is 0 Å². The summed E-state index contributed by atoms with van der Waals surface area (Å²) >= 11 is 0. The molecule has 154 valence electrons. The molecule has 0 bridgehead atoms. The Morgan fingerprint density at radius 2 is 1.59 bits per heavy atom. The molecule has 0 spiro atoms. The van der Waals surface area contributed by atoms with E-state index in [0.29, 0.717) is 5.95 Å². The molecule has 1 heterocycles. The summed E-state index contributed by atoms with van der Waals surface area (Å²) in [5.74, 6) is 0.618. The number of hydrogen-bond donors (Lipinski definition) is 1. The average molecular weight is 390 g/mol. The Bertz CT molecular complexity index is 898. The van der Waals surface area contributed by atoms with Crippen molar-refractivity contribution in [3.8, 4) is 11.3 Å². The largest absolute Gasteiger partial charge is 0.324 e. The van der Waals surface area contributed by atoms with E-state index in [1.807, 2.05) is 59.7 Å². The zero-order chi connectivity index (χ0) is 21.6. The van der Waals surface area contributed by atoms with E-state index in [-0.39, 0.29) is 0 Å². The van der Waals surface area contributed by atoms with Gasteiger partial charge in [0.1, 0.15) is 0 Å². The standard InChI is InChI=1S/C20H17N3.3C2H6/c1-14-5-2-8-16(13-14)22-20-21-12-11-19(23-20)18-10-4-7-15-6-3-9-17(15)18;3*1-2/h2-5,7-13H,6H2,1H3,(H,21,22,23);3*1-2H3. The van der Waals surface area contributed by atoms with Gasteiger partial charge in [0, 0.05) is 17.4 Å². The number of aromatic nitrogens is 2. The van der Waals surface area contributed by atoms with Crippen molar-refractivity contribution in [2.75, 3.05) is 5.32 Å². The summed E-state index contributed by atoms with van der Waals surface area (Å²) in [5.41, 5.74) is 6.93. The molecule has 0 saturated heterocycles. The Morgan fingerprint density at radius 3 is 2.31 bits per heavy atom. The molecule has 2 aromatic carbocycles. The van der Waals surface area contributed by atoms with Gasteiger partial charge in [0.2, 0.25) is 5.95 Å². The third kappa shape index (κ3) is 6.56. The van der Waals surface area contributed by atoms with Gasteiger partial charge in [-0.2, -0.15) is 0 Å². The van der Waals surface area contributed by atoms with E-state index in [0.717, 1.165) is 23.4 Å². The lowest BCUT2D eigenvalue weighted by atomic mass is 10.0. The second-order valence-electron chi connectivity index (χ2n) is 5.74. The summed E-state index contributed by atoms with van der Waals surface area (Å²) in [7, 11) is 0. The van der Waals surface area contributed by atoms with Gasteiger partial charge in [-0.1, -0.05) is 84.0 Å². The number of allylic oxidation sites excluding steroid dienone is 1. The molecule has 1 aliphatic rings. The van der Waals surface area contributed by atoms with E-state index in [1.165, 1.54) is 16.7 Å². The minimum atomic E-state index is 0.618. The highest BCUT2D eigenvalue weighted by Gasteiger charge is 2.12. The lowest BCUT2D eigenvalue weighted by Crippen LogP contribution is -1.99. The SMILES string of the molecule is CC.CC.CC.Cc1cccc(Nc2nccc(-c3cccc4c3C=CC4)n2)c1. The Balaban J connectivity index is 0.000000644. The van der Waals surface area contributed by atoms with Crippen molar-refractivity contribution in [3.05, 3.63) is 77.5 Å². The molecule has 0 radical (unpaired) electrons. The van der Waals surface area contributed by atoms with E-state index in [1.54, 1.807) is 6.20 Å². The van der Waals surface area contributed by atoms with Gasteiger partial charge in [-0.25, -0.2) is 9.97 Å². The van der Waals surface area contributed by atoms with Crippen LogP contribution in [0.5, 0.6) is 0 Å². The number of rotatable bonds is 3. The molecule has 0 amide bonds. The first kappa shape index (κ1) is 24.1. The Hall–Kier alpha value is -2.94. The fourth-order valence-corrected chi connectivity index (χ4v) is 2.94. The van der Waals surface area contributed by atoms with Crippen LogP contribution in [0.4, 0.5) is 11.6 Å².